The molecule has 3 N–H and O–H groups in total. The van der Waals surface area contributed by atoms with Gasteiger partial charge in [-0.3, -0.25) is 0 Å². The van der Waals surface area contributed by atoms with Crippen molar-refractivity contribution in [2.75, 3.05) is 5.73 Å². The lowest BCUT2D eigenvalue weighted by molar-refractivity contribution is 0.828. The van der Waals surface area contributed by atoms with Crippen LogP contribution in [-0.2, 0) is 0 Å². The lowest BCUT2D eigenvalue weighted by Crippen LogP contribution is -1.93. The standard InChI is InChI=1S/C15H16N4/c1-9(2)14-12-7-13(19-15(12)18-8-17-14)10-3-5-11(16)6-4-10/h3-9H,16H2,1-2H3,(H,17,18,19). The largest absolute Gasteiger partial charge is 0.399 e. The van der Waals surface area contributed by atoms with E-state index in [1.807, 2.05) is 24.3 Å². The number of nitrogens with two attached hydrogens (primary N) is 1. The number of hydrogen-bond donors (Lipinski definition) is 2. The van der Waals surface area contributed by atoms with Crippen molar-refractivity contribution in [1.82, 2.24) is 15.0 Å². The fraction of sp³-hybridized carbons (Fsp3) is 0.200. The SMILES string of the molecule is CC(C)c1ncnc2[nH]c(-c3ccc(N)cc3)cc12. The summed E-state index contributed by atoms with van der Waals surface area (Å²) >= 11 is 0. The molecule has 19 heavy (non-hydrogen) atoms. The van der Waals surface area contributed by atoms with Gasteiger partial charge in [0.1, 0.15) is 12.0 Å². The summed E-state index contributed by atoms with van der Waals surface area (Å²) in [6.07, 6.45) is 1.61. The smallest absolute Gasteiger partial charge is 0.141 e. The number of H-pyrrole nitrogens is 1. The predicted molar refractivity (Wildman–Crippen MR) is 77.8 cm³/mol. The average Bonchev–Trinajstić information content (AvgIpc) is 2.82. The number of nitrogens with zero attached hydrogens (tertiary/aromatic N) is 2. The zero-order chi connectivity index (χ0) is 13.4. The third kappa shape index (κ3) is 2.05. The monoisotopic (exact) mass is 252 g/mol. The van der Waals surface area contributed by atoms with E-state index in [-0.39, 0.29) is 0 Å². The zero-order valence-corrected chi connectivity index (χ0v) is 11.0. The van der Waals surface area contributed by atoms with Gasteiger partial charge in [-0.1, -0.05) is 26.0 Å². The zero-order valence-electron chi connectivity index (χ0n) is 11.0. The molecule has 0 aliphatic carbocycles. The quantitative estimate of drug-likeness (QED) is 0.687. The number of fused-ring (bicyclic) bond motifs is 1. The van der Waals surface area contributed by atoms with Crippen molar-refractivity contribution in [2.24, 2.45) is 0 Å². The Morgan fingerprint density at radius 3 is 2.53 bits per heavy atom. The van der Waals surface area contributed by atoms with Crippen LogP contribution < -0.4 is 5.73 Å². The van der Waals surface area contributed by atoms with Gasteiger partial charge in [0.25, 0.3) is 0 Å². The van der Waals surface area contributed by atoms with Crippen molar-refractivity contribution in [1.29, 1.82) is 0 Å². The Morgan fingerprint density at radius 2 is 1.84 bits per heavy atom. The van der Waals surface area contributed by atoms with Crippen molar-refractivity contribution in [3.63, 3.8) is 0 Å². The number of rotatable bonds is 2. The van der Waals surface area contributed by atoms with E-state index in [1.54, 1.807) is 6.33 Å². The van der Waals surface area contributed by atoms with Gasteiger partial charge in [0.15, 0.2) is 0 Å². The van der Waals surface area contributed by atoms with Crippen LogP contribution in [0.3, 0.4) is 0 Å². The molecule has 0 saturated heterocycles. The molecular weight excluding hydrogens is 236 g/mol. The molecule has 0 atom stereocenters. The molecule has 0 fully saturated rings. The summed E-state index contributed by atoms with van der Waals surface area (Å²) < 4.78 is 0. The van der Waals surface area contributed by atoms with Gasteiger partial charge in [-0.15, -0.1) is 0 Å². The normalized spacial score (nSPS) is 11.3. The number of benzene rings is 1. The van der Waals surface area contributed by atoms with Crippen LogP contribution in [0.1, 0.15) is 25.5 Å². The molecule has 4 nitrogen and oxygen atoms in total. The molecule has 0 aliphatic heterocycles. The summed E-state index contributed by atoms with van der Waals surface area (Å²) in [5.74, 6) is 0.376. The lowest BCUT2D eigenvalue weighted by atomic mass is 10.1. The Balaban J connectivity index is 2.16. The maximum atomic E-state index is 5.71. The Morgan fingerprint density at radius 1 is 1.11 bits per heavy atom. The van der Waals surface area contributed by atoms with Crippen molar-refractivity contribution in [2.45, 2.75) is 19.8 Å². The Bertz CT molecular complexity index is 711. The number of nitrogens with one attached hydrogen (secondary N) is 1. The predicted octanol–water partition coefficient (Wildman–Crippen LogP) is 3.33. The highest BCUT2D eigenvalue weighted by Gasteiger charge is 2.11. The van der Waals surface area contributed by atoms with E-state index in [0.29, 0.717) is 5.92 Å². The number of aromatic nitrogens is 3. The first kappa shape index (κ1) is 11.7. The first-order valence-corrected chi connectivity index (χ1v) is 6.34. The van der Waals surface area contributed by atoms with E-state index >= 15 is 0 Å². The molecule has 2 aromatic heterocycles. The van der Waals surface area contributed by atoms with Gasteiger partial charge >= 0.3 is 0 Å². The third-order valence-corrected chi connectivity index (χ3v) is 3.23. The van der Waals surface area contributed by atoms with Crippen LogP contribution in [0.5, 0.6) is 0 Å². The summed E-state index contributed by atoms with van der Waals surface area (Å²) in [6.45, 7) is 4.27. The van der Waals surface area contributed by atoms with Gasteiger partial charge < -0.3 is 10.7 Å². The molecular formula is C15H16N4. The van der Waals surface area contributed by atoms with E-state index in [4.69, 9.17) is 5.73 Å². The minimum atomic E-state index is 0.376. The topological polar surface area (TPSA) is 67.6 Å². The molecule has 0 saturated carbocycles. The van der Waals surface area contributed by atoms with E-state index in [0.717, 1.165) is 33.7 Å². The van der Waals surface area contributed by atoms with Crippen molar-refractivity contribution >= 4 is 16.7 Å². The maximum absolute atomic E-state index is 5.71. The van der Waals surface area contributed by atoms with Gasteiger partial charge in [0, 0.05) is 16.8 Å². The van der Waals surface area contributed by atoms with Crippen molar-refractivity contribution in [3.8, 4) is 11.3 Å². The molecule has 0 unspecified atom stereocenters. The highest BCUT2D eigenvalue weighted by atomic mass is 14.9. The van der Waals surface area contributed by atoms with E-state index in [9.17, 15) is 0 Å². The highest BCUT2D eigenvalue weighted by molar-refractivity contribution is 5.85. The van der Waals surface area contributed by atoms with Gasteiger partial charge in [-0.2, -0.15) is 0 Å². The summed E-state index contributed by atoms with van der Waals surface area (Å²) in [7, 11) is 0. The fourth-order valence-corrected chi connectivity index (χ4v) is 2.24. The van der Waals surface area contributed by atoms with Crippen LogP contribution in [0.4, 0.5) is 5.69 Å². The van der Waals surface area contributed by atoms with Gasteiger partial charge in [-0.05, 0) is 29.7 Å². The molecule has 1 aromatic carbocycles. The molecule has 3 rings (SSSR count). The summed E-state index contributed by atoms with van der Waals surface area (Å²) in [4.78, 5) is 12.0. The van der Waals surface area contributed by atoms with E-state index in [1.165, 1.54) is 0 Å². The molecule has 96 valence electrons. The first-order chi connectivity index (χ1) is 9.15. The van der Waals surface area contributed by atoms with Gasteiger partial charge in [-0.25, -0.2) is 9.97 Å². The summed E-state index contributed by atoms with van der Waals surface area (Å²) in [6, 6.07) is 9.91. The second-order valence-electron chi connectivity index (χ2n) is 4.98. The van der Waals surface area contributed by atoms with E-state index < -0.39 is 0 Å². The first-order valence-electron chi connectivity index (χ1n) is 6.34. The summed E-state index contributed by atoms with van der Waals surface area (Å²) in [5.41, 5.74) is 10.6. The van der Waals surface area contributed by atoms with E-state index in [2.05, 4.69) is 34.9 Å². The molecule has 0 bridgehead atoms. The third-order valence-electron chi connectivity index (χ3n) is 3.23. The van der Waals surface area contributed by atoms with Crippen LogP contribution in [-0.4, -0.2) is 15.0 Å². The van der Waals surface area contributed by atoms with Crippen LogP contribution in [0.2, 0.25) is 0 Å². The van der Waals surface area contributed by atoms with Gasteiger partial charge in [0.2, 0.25) is 0 Å². The number of aromatic amines is 1. The van der Waals surface area contributed by atoms with Crippen LogP contribution in [0.15, 0.2) is 36.7 Å². The molecule has 3 aromatic rings. The minimum absolute atomic E-state index is 0.376. The molecule has 4 heteroatoms. The van der Waals surface area contributed by atoms with Crippen molar-refractivity contribution in [3.05, 3.63) is 42.4 Å². The fourth-order valence-electron chi connectivity index (χ4n) is 2.24. The second-order valence-corrected chi connectivity index (χ2v) is 4.98. The number of hydrogen-bond acceptors (Lipinski definition) is 3. The number of nitrogen functional groups attached to an aromatic ring is 1. The Kier molecular flexibility index (Phi) is 2.71. The highest BCUT2D eigenvalue weighted by Crippen LogP contribution is 2.27. The van der Waals surface area contributed by atoms with Crippen LogP contribution >= 0.6 is 0 Å². The van der Waals surface area contributed by atoms with Crippen LogP contribution in [0.25, 0.3) is 22.3 Å². The molecule has 2 heterocycles. The molecule has 0 aliphatic rings. The number of anilines is 1. The maximum Gasteiger partial charge on any atom is 0.141 e. The minimum Gasteiger partial charge on any atom is -0.399 e. The molecule has 0 radical (unpaired) electrons. The van der Waals surface area contributed by atoms with Crippen molar-refractivity contribution < 1.29 is 0 Å². The summed E-state index contributed by atoms with van der Waals surface area (Å²) in [5, 5.41) is 1.09. The second kappa shape index (κ2) is 4.39. The van der Waals surface area contributed by atoms with Crippen LogP contribution in [0, 0.1) is 0 Å². The van der Waals surface area contributed by atoms with Gasteiger partial charge in [0.05, 0.1) is 5.69 Å². The average molecular weight is 252 g/mol. The lowest BCUT2D eigenvalue weighted by Gasteiger charge is -2.03. The molecule has 0 spiro atoms. The Labute approximate surface area is 111 Å². The Hall–Kier alpha value is -2.36. The molecule has 0 amide bonds.